The number of aromatic nitrogens is 5. The Labute approximate surface area is 177 Å². The summed E-state index contributed by atoms with van der Waals surface area (Å²) in [5, 5.41) is 8.23. The largest absolute Gasteiger partial charge is 0.352 e. The van der Waals surface area contributed by atoms with Crippen molar-refractivity contribution in [1.82, 2.24) is 29.6 Å². The van der Waals surface area contributed by atoms with Crippen LogP contribution in [0, 0.1) is 6.92 Å². The standard InChI is InChI=1S/C21H21N7OS/c1-14-12-30-20(25-14)15-3-5-16(6-4-15)21(29)28-9-7-27(8-10-28)19-17-11-24-26(2)18(17)22-13-23-19/h3-6,11-13H,7-10H2,1-2H3. The Morgan fingerprint density at radius 3 is 2.53 bits per heavy atom. The van der Waals surface area contributed by atoms with Crippen molar-refractivity contribution in [3.8, 4) is 10.6 Å². The molecule has 5 rings (SSSR count). The molecule has 1 aliphatic rings. The van der Waals surface area contributed by atoms with Crippen LogP contribution < -0.4 is 4.90 Å². The predicted octanol–water partition coefficient (Wildman–Crippen LogP) is 2.76. The van der Waals surface area contributed by atoms with E-state index in [1.54, 1.807) is 28.5 Å². The lowest BCUT2D eigenvalue weighted by atomic mass is 10.1. The molecule has 0 unspecified atom stereocenters. The number of carbonyl (C=O) groups excluding carboxylic acids is 1. The summed E-state index contributed by atoms with van der Waals surface area (Å²) in [6, 6.07) is 7.73. The summed E-state index contributed by atoms with van der Waals surface area (Å²) in [6.45, 7) is 4.74. The maximum absolute atomic E-state index is 13.0. The van der Waals surface area contributed by atoms with Crippen molar-refractivity contribution < 1.29 is 4.79 Å². The van der Waals surface area contributed by atoms with E-state index in [4.69, 9.17) is 0 Å². The molecule has 1 aliphatic heterocycles. The Hall–Kier alpha value is -3.33. The molecule has 1 fully saturated rings. The molecule has 0 spiro atoms. The van der Waals surface area contributed by atoms with Gasteiger partial charge < -0.3 is 9.80 Å². The normalized spacial score (nSPS) is 14.5. The first-order valence-electron chi connectivity index (χ1n) is 9.79. The topological polar surface area (TPSA) is 80.0 Å². The zero-order chi connectivity index (χ0) is 20.7. The predicted molar refractivity (Wildman–Crippen MR) is 117 cm³/mol. The molecule has 0 bridgehead atoms. The number of piperazine rings is 1. The van der Waals surface area contributed by atoms with Gasteiger partial charge in [0.15, 0.2) is 5.65 Å². The van der Waals surface area contributed by atoms with E-state index >= 15 is 0 Å². The highest BCUT2D eigenvalue weighted by Crippen LogP contribution is 2.25. The van der Waals surface area contributed by atoms with E-state index in [1.165, 1.54) is 0 Å². The van der Waals surface area contributed by atoms with Gasteiger partial charge in [-0.1, -0.05) is 12.1 Å². The van der Waals surface area contributed by atoms with Crippen molar-refractivity contribution in [1.29, 1.82) is 0 Å². The Morgan fingerprint density at radius 1 is 1.07 bits per heavy atom. The summed E-state index contributed by atoms with van der Waals surface area (Å²) in [5.41, 5.74) is 3.57. The third-order valence-electron chi connectivity index (χ3n) is 5.37. The van der Waals surface area contributed by atoms with Crippen LogP contribution in [0.1, 0.15) is 16.1 Å². The van der Waals surface area contributed by atoms with E-state index in [-0.39, 0.29) is 5.91 Å². The second-order valence-corrected chi connectivity index (χ2v) is 8.21. The third kappa shape index (κ3) is 3.30. The fourth-order valence-corrected chi connectivity index (χ4v) is 4.55. The van der Waals surface area contributed by atoms with Crippen LogP contribution in [-0.4, -0.2) is 61.7 Å². The molecule has 4 aromatic rings. The highest BCUT2D eigenvalue weighted by molar-refractivity contribution is 7.13. The van der Waals surface area contributed by atoms with E-state index in [0.717, 1.165) is 46.2 Å². The van der Waals surface area contributed by atoms with E-state index < -0.39 is 0 Å². The summed E-state index contributed by atoms with van der Waals surface area (Å²) in [5.74, 6) is 0.939. The highest BCUT2D eigenvalue weighted by Gasteiger charge is 2.24. The van der Waals surface area contributed by atoms with Crippen LogP contribution in [0.3, 0.4) is 0 Å². The van der Waals surface area contributed by atoms with E-state index in [0.29, 0.717) is 18.7 Å². The Kier molecular flexibility index (Phi) is 4.66. The molecule has 152 valence electrons. The zero-order valence-electron chi connectivity index (χ0n) is 16.8. The SMILES string of the molecule is Cc1csc(-c2ccc(C(=O)N3CCN(c4ncnc5c4cnn5C)CC3)cc2)n1. The van der Waals surface area contributed by atoms with Gasteiger partial charge in [0.05, 0.1) is 11.6 Å². The lowest BCUT2D eigenvalue weighted by Gasteiger charge is -2.35. The minimum atomic E-state index is 0.0609. The smallest absolute Gasteiger partial charge is 0.253 e. The summed E-state index contributed by atoms with van der Waals surface area (Å²) in [7, 11) is 1.87. The van der Waals surface area contributed by atoms with Gasteiger partial charge in [-0.15, -0.1) is 11.3 Å². The average molecular weight is 420 g/mol. The minimum absolute atomic E-state index is 0.0609. The van der Waals surface area contributed by atoms with Crippen LogP contribution >= 0.6 is 11.3 Å². The number of amides is 1. The third-order valence-corrected chi connectivity index (χ3v) is 6.38. The quantitative estimate of drug-likeness (QED) is 0.508. The van der Waals surface area contributed by atoms with Gasteiger partial charge in [0.2, 0.25) is 0 Å². The summed E-state index contributed by atoms with van der Waals surface area (Å²) in [4.78, 5) is 30.3. The molecule has 0 atom stereocenters. The van der Waals surface area contributed by atoms with Gasteiger partial charge in [-0.05, 0) is 19.1 Å². The molecular formula is C21H21N7OS. The Balaban J connectivity index is 1.27. The molecule has 0 N–H and O–H groups in total. The minimum Gasteiger partial charge on any atom is -0.352 e. The molecule has 8 nitrogen and oxygen atoms in total. The first-order chi connectivity index (χ1) is 14.6. The van der Waals surface area contributed by atoms with Crippen LogP contribution in [0.5, 0.6) is 0 Å². The van der Waals surface area contributed by atoms with Gasteiger partial charge >= 0.3 is 0 Å². The molecule has 0 saturated carbocycles. The first kappa shape index (κ1) is 18.7. The van der Waals surface area contributed by atoms with E-state index in [2.05, 4.69) is 25.0 Å². The fraction of sp³-hybridized carbons (Fsp3) is 0.286. The fourth-order valence-electron chi connectivity index (χ4n) is 3.75. The van der Waals surface area contributed by atoms with Crippen LogP contribution in [0.25, 0.3) is 21.6 Å². The van der Waals surface area contributed by atoms with Gasteiger partial charge in [-0.25, -0.2) is 15.0 Å². The van der Waals surface area contributed by atoms with E-state index in [1.807, 2.05) is 48.5 Å². The molecule has 3 aromatic heterocycles. The summed E-state index contributed by atoms with van der Waals surface area (Å²) < 4.78 is 1.75. The van der Waals surface area contributed by atoms with Crippen molar-refractivity contribution in [2.45, 2.75) is 6.92 Å². The molecule has 30 heavy (non-hydrogen) atoms. The van der Waals surface area contributed by atoms with Gasteiger partial charge in [0, 0.05) is 55.4 Å². The van der Waals surface area contributed by atoms with Crippen molar-refractivity contribution >= 4 is 34.1 Å². The number of hydrogen-bond donors (Lipinski definition) is 0. The Bertz CT molecular complexity index is 1210. The van der Waals surface area contributed by atoms with Gasteiger partial charge in [-0.2, -0.15) is 5.10 Å². The number of hydrogen-bond acceptors (Lipinski definition) is 7. The number of rotatable bonds is 3. The number of thiazole rings is 1. The lowest BCUT2D eigenvalue weighted by molar-refractivity contribution is 0.0746. The molecule has 1 aromatic carbocycles. The van der Waals surface area contributed by atoms with Crippen molar-refractivity contribution in [3.63, 3.8) is 0 Å². The van der Waals surface area contributed by atoms with Crippen molar-refractivity contribution in [2.75, 3.05) is 31.1 Å². The number of fused-ring (bicyclic) bond motifs is 1. The monoisotopic (exact) mass is 419 g/mol. The van der Waals surface area contributed by atoms with Gasteiger partial charge in [0.1, 0.15) is 17.2 Å². The summed E-state index contributed by atoms with van der Waals surface area (Å²) >= 11 is 1.62. The summed E-state index contributed by atoms with van der Waals surface area (Å²) in [6.07, 6.45) is 3.37. The number of carbonyl (C=O) groups is 1. The molecule has 1 amide bonds. The molecule has 4 heterocycles. The molecular weight excluding hydrogens is 398 g/mol. The highest BCUT2D eigenvalue weighted by atomic mass is 32.1. The first-order valence-corrected chi connectivity index (χ1v) is 10.7. The molecule has 9 heteroatoms. The maximum atomic E-state index is 13.0. The second-order valence-electron chi connectivity index (χ2n) is 7.35. The number of anilines is 1. The number of aryl methyl sites for hydroxylation is 2. The van der Waals surface area contributed by atoms with Crippen LogP contribution in [0.2, 0.25) is 0 Å². The molecule has 0 aliphatic carbocycles. The van der Waals surface area contributed by atoms with Crippen molar-refractivity contribution in [3.05, 3.63) is 53.4 Å². The molecule has 1 saturated heterocycles. The average Bonchev–Trinajstić information content (AvgIpc) is 3.39. The maximum Gasteiger partial charge on any atom is 0.253 e. The van der Waals surface area contributed by atoms with Crippen LogP contribution in [0.4, 0.5) is 5.82 Å². The van der Waals surface area contributed by atoms with Crippen LogP contribution in [0.15, 0.2) is 42.2 Å². The second kappa shape index (κ2) is 7.49. The van der Waals surface area contributed by atoms with Gasteiger partial charge in [0.25, 0.3) is 5.91 Å². The zero-order valence-corrected chi connectivity index (χ0v) is 17.6. The number of benzene rings is 1. The Morgan fingerprint density at radius 2 is 1.83 bits per heavy atom. The lowest BCUT2D eigenvalue weighted by Crippen LogP contribution is -2.49. The van der Waals surface area contributed by atoms with Crippen molar-refractivity contribution in [2.24, 2.45) is 7.05 Å². The van der Waals surface area contributed by atoms with Gasteiger partial charge in [-0.3, -0.25) is 9.48 Å². The van der Waals surface area contributed by atoms with Crippen LogP contribution in [-0.2, 0) is 7.05 Å². The molecule has 0 radical (unpaired) electrons. The van der Waals surface area contributed by atoms with E-state index in [9.17, 15) is 4.79 Å². The number of nitrogens with zero attached hydrogens (tertiary/aromatic N) is 7.